The summed E-state index contributed by atoms with van der Waals surface area (Å²) in [5.74, 6) is -0.262. The third-order valence-electron chi connectivity index (χ3n) is 6.82. The predicted molar refractivity (Wildman–Crippen MR) is 120 cm³/mol. The quantitative estimate of drug-likeness (QED) is 0.688. The van der Waals surface area contributed by atoms with Crippen molar-refractivity contribution in [1.82, 2.24) is 15.1 Å². The van der Waals surface area contributed by atoms with Crippen molar-refractivity contribution in [2.45, 2.75) is 116 Å². The number of ether oxygens (including phenoxy) is 1. The van der Waals surface area contributed by atoms with E-state index in [4.69, 9.17) is 4.74 Å². The van der Waals surface area contributed by atoms with E-state index < -0.39 is 5.60 Å². The van der Waals surface area contributed by atoms with Gasteiger partial charge in [0.1, 0.15) is 5.60 Å². The maximum atomic E-state index is 13.5. The van der Waals surface area contributed by atoms with Gasteiger partial charge in [0, 0.05) is 31.1 Å². The second kappa shape index (κ2) is 10.7. The molecule has 1 aliphatic heterocycles. The van der Waals surface area contributed by atoms with Crippen LogP contribution in [-0.2, 0) is 9.53 Å². The Hall–Kier alpha value is -1.79. The highest BCUT2D eigenvalue weighted by Crippen LogP contribution is 2.28. The minimum atomic E-state index is -0.529. The topological polar surface area (TPSA) is 79.0 Å². The Labute approximate surface area is 187 Å². The summed E-state index contributed by atoms with van der Waals surface area (Å²) < 4.78 is 5.47. The van der Waals surface area contributed by atoms with Gasteiger partial charge in [-0.3, -0.25) is 9.69 Å². The molecule has 1 heterocycles. The summed E-state index contributed by atoms with van der Waals surface area (Å²) in [5.41, 5.74) is -0.529. The summed E-state index contributed by atoms with van der Waals surface area (Å²) in [6.07, 6.45) is 11.5. The standard InChI is InChI=1S/C24H41N3O4/c1-24(2,3)31-23(30)26-16-14-18(15-17-26)21(28)27(20-12-8-5-9-13-20)22(29)25-19-10-6-4-7-11-19/h18-20H,4-17H2,1-3H3,(H,25,29). The molecule has 3 fully saturated rings. The van der Waals surface area contributed by atoms with Crippen molar-refractivity contribution in [1.29, 1.82) is 0 Å². The fraction of sp³-hybridized carbons (Fsp3) is 0.875. The average molecular weight is 436 g/mol. The summed E-state index contributed by atoms with van der Waals surface area (Å²) >= 11 is 0. The molecule has 1 N–H and O–H groups in total. The molecule has 1 saturated heterocycles. The molecule has 0 aromatic heterocycles. The van der Waals surface area contributed by atoms with Gasteiger partial charge in [-0.25, -0.2) is 9.59 Å². The molecule has 0 bridgehead atoms. The van der Waals surface area contributed by atoms with Crippen molar-refractivity contribution in [2.24, 2.45) is 5.92 Å². The van der Waals surface area contributed by atoms with E-state index in [9.17, 15) is 14.4 Å². The van der Waals surface area contributed by atoms with E-state index in [1.807, 2.05) is 20.8 Å². The predicted octanol–water partition coefficient (Wildman–Crippen LogP) is 4.84. The number of amides is 4. The van der Waals surface area contributed by atoms with Gasteiger partial charge in [0.05, 0.1) is 0 Å². The minimum absolute atomic E-state index is 0.00808. The molecule has 0 atom stereocenters. The van der Waals surface area contributed by atoms with Crippen molar-refractivity contribution < 1.29 is 19.1 Å². The SMILES string of the molecule is CC(C)(C)OC(=O)N1CCC(C(=O)N(C(=O)NC2CCCCC2)C2CCCCC2)CC1. The lowest BCUT2D eigenvalue weighted by molar-refractivity contribution is -0.136. The molecule has 0 spiro atoms. The van der Waals surface area contributed by atoms with Crippen molar-refractivity contribution in [3.8, 4) is 0 Å². The van der Waals surface area contributed by atoms with Gasteiger partial charge in [-0.1, -0.05) is 38.5 Å². The first-order chi connectivity index (χ1) is 14.7. The van der Waals surface area contributed by atoms with E-state index in [2.05, 4.69) is 5.32 Å². The molecule has 31 heavy (non-hydrogen) atoms. The van der Waals surface area contributed by atoms with Gasteiger partial charge in [-0.2, -0.15) is 0 Å². The van der Waals surface area contributed by atoms with Crippen LogP contribution in [0.4, 0.5) is 9.59 Å². The Balaban J connectivity index is 1.61. The maximum Gasteiger partial charge on any atom is 0.410 e. The number of rotatable bonds is 3. The first-order valence-electron chi connectivity index (χ1n) is 12.4. The second-order valence-corrected chi connectivity index (χ2v) is 10.5. The molecule has 7 nitrogen and oxygen atoms in total. The summed E-state index contributed by atoms with van der Waals surface area (Å²) in [6, 6.07) is 0.00116. The summed E-state index contributed by atoms with van der Waals surface area (Å²) in [5, 5.41) is 3.17. The highest BCUT2D eigenvalue weighted by Gasteiger charge is 2.38. The van der Waals surface area contributed by atoms with Crippen LogP contribution >= 0.6 is 0 Å². The summed E-state index contributed by atoms with van der Waals surface area (Å²) in [6.45, 7) is 6.55. The van der Waals surface area contributed by atoms with Gasteiger partial charge < -0.3 is 15.0 Å². The van der Waals surface area contributed by atoms with Crippen LogP contribution in [0.3, 0.4) is 0 Å². The number of likely N-dealkylation sites (tertiary alicyclic amines) is 1. The van der Waals surface area contributed by atoms with Crippen LogP contribution < -0.4 is 5.32 Å². The molecule has 0 aromatic rings. The monoisotopic (exact) mass is 435 g/mol. The number of piperidine rings is 1. The highest BCUT2D eigenvalue weighted by molar-refractivity contribution is 5.96. The van der Waals surface area contributed by atoms with Gasteiger partial charge in [0.2, 0.25) is 5.91 Å². The lowest BCUT2D eigenvalue weighted by Gasteiger charge is -2.38. The van der Waals surface area contributed by atoms with E-state index in [1.54, 1.807) is 9.80 Å². The highest BCUT2D eigenvalue weighted by atomic mass is 16.6. The van der Waals surface area contributed by atoms with E-state index in [-0.39, 0.29) is 36.0 Å². The first-order valence-corrected chi connectivity index (χ1v) is 12.4. The molecular weight excluding hydrogens is 394 g/mol. The Morgan fingerprint density at radius 1 is 0.839 bits per heavy atom. The van der Waals surface area contributed by atoms with E-state index >= 15 is 0 Å². The number of carbonyl (C=O) groups is 3. The number of imide groups is 1. The third kappa shape index (κ3) is 6.84. The number of carbonyl (C=O) groups excluding carboxylic acids is 3. The van der Waals surface area contributed by atoms with Crippen LogP contribution in [0.1, 0.15) is 97.8 Å². The molecule has 0 aromatic carbocycles. The third-order valence-corrected chi connectivity index (χ3v) is 6.82. The lowest BCUT2D eigenvalue weighted by Crippen LogP contribution is -2.55. The van der Waals surface area contributed by atoms with Crippen LogP contribution in [-0.4, -0.2) is 58.6 Å². The number of hydrogen-bond acceptors (Lipinski definition) is 4. The summed E-state index contributed by atoms with van der Waals surface area (Å²) in [4.78, 5) is 42.3. The van der Waals surface area contributed by atoms with Crippen molar-refractivity contribution in [3.63, 3.8) is 0 Å². The van der Waals surface area contributed by atoms with E-state index in [0.717, 1.165) is 51.4 Å². The molecule has 0 unspecified atom stereocenters. The smallest absolute Gasteiger partial charge is 0.410 e. The van der Waals surface area contributed by atoms with Crippen molar-refractivity contribution in [2.75, 3.05) is 13.1 Å². The zero-order valence-electron chi connectivity index (χ0n) is 19.7. The van der Waals surface area contributed by atoms with Gasteiger partial charge in [-0.05, 0) is 59.3 Å². The van der Waals surface area contributed by atoms with Crippen LogP contribution in [0.25, 0.3) is 0 Å². The Morgan fingerprint density at radius 2 is 1.39 bits per heavy atom. The van der Waals surface area contributed by atoms with Gasteiger partial charge in [-0.15, -0.1) is 0 Å². The van der Waals surface area contributed by atoms with Crippen LogP contribution in [0.2, 0.25) is 0 Å². The summed E-state index contributed by atoms with van der Waals surface area (Å²) in [7, 11) is 0. The van der Waals surface area contributed by atoms with Crippen LogP contribution in [0, 0.1) is 5.92 Å². The maximum absolute atomic E-state index is 13.5. The fourth-order valence-corrected chi connectivity index (χ4v) is 5.11. The zero-order valence-corrected chi connectivity index (χ0v) is 19.7. The average Bonchev–Trinajstić information content (AvgIpc) is 2.74. The lowest BCUT2D eigenvalue weighted by atomic mass is 9.90. The number of hydrogen-bond donors (Lipinski definition) is 1. The molecule has 3 aliphatic rings. The van der Waals surface area contributed by atoms with Gasteiger partial charge >= 0.3 is 12.1 Å². The van der Waals surface area contributed by atoms with Gasteiger partial charge in [0.15, 0.2) is 0 Å². The molecule has 176 valence electrons. The fourth-order valence-electron chi connectivity index (χ4n) is 5.11. The first kappa shape index (κ1) is 23.9. The Bertz CT molecular complexity index is 625. The zero-order chi connectivity index (χ0) is 22.4. The molecule has 2 aliphatic carbocycles. The minimum Gasteiger partial charge on any atom is -0.444 e. The van der Waals surface area contributed by atoms with E-state index in [0.29, 0.717) is 25.9 Å². The molecule has 2 saturated carbocycles. The Morgan fingerprint density at radius 3 is 1.94 bits per heavy atom. The molecular formula is C24H41N3O4. The molecule has 7 heteroatoms. The van der Waals surface area contributed by atoms with Crippen molar-refractivity contribution >= 4 is 18.0 Å². The normalized spacial score (nSPS) is 22.1. The molecule has 4 amide bonds. The van der Waals surface area contributed by atoms with Crippen molar-refractivity contribution in [3.05, 3.63) is 0 Å². The number of nitrogens with one attached hydrogen (secondary N) is 1. The largest absolute Gasteiger partial charge is 0.444 e. The number of urea groups is 1. The Kier molecular flexibility index (Phi) is 8.23. The molecule has 0 radical (unpaired) electrons. The number of nitrogens with zero attached hydrogens (tertiary/aromatic N) is 2. The van der Waals surface area contributed by atoms with Crippen LogP contribution in [0.5, 0.6) is 0 Å². The van der Waals surface area contributed by atoms with Gasteiger partial charge in [0.25, 0.3) is 0 Å². The molecule has 3 rings (SSSR count). The van der Waals surface area contributed by atoms with E-state index in [1.165, 1.54) is 12.8 Å². The van der Waals surface area contributed by atoms with Crippen LogP contribution in [0.15, 0.2) is 0 Å². The second-order valence-electron chi connectivity index (χ2n) is 10.5.